The first-order valence-corrected chi connectivity index (χ1v) is 25.6. The van der Waals surface area contributed by atoms with Crippen molar-refractivity contribution < 1.29 is 0 Å². The van der Waals surface area contributed by atoms with Gasteiger partial charge in [0.15, 0.2) is 0 Å². The van der Waals surface area contributed by atoms with Crippen LogP contribution >= 0.6 is 23.5 Å². The lowest BCUT2D eigenvalue weighted by Crippen LogP contribution is -1.97. The standard InChI is InChI=1S/C64H40N2S2/c1-5-13-55-47(9-1)51-33-45(34-52-48-10-2-6-14-56(48)65(55)63(51)52)41-19-17-39-31-43(23-21-37(39)29-41)59-25-27-61(67-59)62-28-26-60(68-62)44-24-22-38-30-42(20-18-40(38)32-44)46-35-53-49-11-3-7-15-57(49)66-58-16-8-4-12-50(58)54(36-46)64(53)66/h1-25,28-36,60-61H,26-27H2. The van der Waals surface area contributed by atoms with Gasteiger partial charge in [0.1, 0.15) is 0 Å². The Labute approximate surface area is 400 Å². The van der Waals surface area contributed by atoms with Crippen molar-refractivity contribution >= 4 is 126 Å². The molecule has 0 fully saturated rings. The van der Waals surface area contributed by atoms with E-state index in [4.69, 9.17) is 0 Å². The molecule has 318 valence electrons. The summed E-state index contributed by atoms with van der Waals surface area (Å²) in [5.74, 6) is 0. The van der Waals surface area contributed by atoms with E-state index in [1.165, 1.54) is 141 Å². The summed E-state index contributed by atoms with van der Waals surface area (Å²) in [6.45, 7) is 0. The molecular formula is C64H40N2S2. The van der Waals surface area contributed by atoms with Crippen molar-refractivity contribution in [3.63, 3.8) is 0 Å². The average molecular weight is 901 g/mol. The molecule has 10 aromatic carbocycles. The summed E-state index contributed by atoms with van der Waals surface area (Å²) in [4.78, 5) is 2.93. The third-order valence-electron chi connectivity index (χ3n) is 15.4. The molecule has 2 aliphatic heterocycles. The fourth-order valence-corrected chi connectivity index (χ4v) is 14.9. The van der Waals surface area contributed by atoms with E-state index >= 15 is 0 Å². The van der Waals surface area contributed by atoms with E-state index in [9.17, 15) is 0 Å². The zero-order valence-electron chi connectivity index (χ0n) is 36.9. The maximum Gasteiger partial charge on any atom is 0.0620 e. The second kappa shape index (κ2) is 14.0. The van der Waals surface area contributed by atoms with Gasteiger partial charge in [0.2, 0.25) is 0 Å². The minimum Gasteiger partial charge on any atom is -0.308 e. The molecule has 2 aliphatic rings. The molecule has 0 saturated heterocycles. The van der Waals surface area contributed by atoms with Crippen LogP contribution in [0.4, 0.5) is 0 Å². The summed E-state index contributed by atoms with van der Waals surface area (Å²) in [6.07, 6.45) is 7.15. The van der Waals surface area contributed by atoms with Crippen LogP contribution in [0, 0.1) is 0 Å². The van der Waals surface area contributed by atoms with Crippen LogP contribution in [-0.2, 0) is 0 Å². The first kappa shape index (κ1) is 37.6. The molecule has 2 atom stereocenters. The lowest BCUT2D eigenvalue weighted by atomic mass is 9.96. The second-order valence-electron chi connectivity index (χ2n) is 19.0. The van der Waals surface area contributed by atoms with E-state index in [1.54, 1.807) is 0 Å². The molecule has 0 amide bonds. The van der Waals surface area contributed by atoms with Gasteiger partial charge < -0.3 is 8.80 Å². The summed E-state index contributed by atoms with van der Waals surface area (Å²) < 4.78 is 4.91. The maximum atomic E-state index is 2.52. The van der Waals surface area contributed by atoms with Crippen molar-refractivity contribution in [3.8, 4) is 22.3 Å². The summed E-state index contributed by atoms with van der Waals surface area (Å²) in [5, 5.41) is 16.6. The Hall–Kier alpha value is -7.50. The van der Waals surface area contributed by atoms with Gasteiger partial charge in [-0.15, -0.1) is 23.5 Å². The molecule has 2 nitrogen and oxygen atoms in total. The molecule has 16 rings (SSSR count). The minimum absolute atomic E-state index is 0.445. The van der Waals surface area contributed by atoms with Crippen molar-refractivity contribution in [3.05, 3.63) is 222 Å². The van der Waals surface area contributed by atoms with E-state index in [0.717, 1.165) is 12.8 Å². The highest BCUT2D eigenvalue weighted by Gasteiger charge is 2.30. The Morgan fingerprint density at radius 1 is 0.324 bits per heavy atom. The third kappa shape index (κ3) is 5.33. The normalized spacial score (nSPS) is 16.8. The SMILES string of the molecule is C1=C(c2ccc3cc(-c4cc5c6ccccc6n6c7ccccc7c(c4)c56)ccc3c2)SC(C2=CCC(c3ccc4cc(-c5cc6c7ccccc7n7c8ccccc8c(c5)c67)ccc4c3)S2)C1. The van der Waals surface area contributed by atoms with E-state index in [2.05, 4.69) is 227 Å². The fourth-order valence-electron chi connectivity index (χ4n) is 12.2. The van der Waals surface area contributed by atoms with Crippen LogP contribution in [0.3, 0.4) is 0 Å². The first-order chi connectivity index (χ1) is 33.7. The fraction of sp³-hybridized carbons (Fsp3) is 0.0625. The van der Waals surface area contributed by atoms with Gasteiger partial charge in [-0.25, -0.2) is 0 Å². The van der Waals surface area contributed by atoms with Gasteiger partial charge >= 0.3 is 0 Å². The van der Waals surface area contributed by atoms with Crippen molar-refractivity contribution in [2.75, 3.05) is 0 Å². The maximum absolute atomic E-state index is 2.52. The Kier molecular flexibility index (Phi) is 7.75. The van der Waals surface area contributed by atoms with Crippen LogP contribution in [0.25, 0.3) is 125 Å². The van der Waals surface area contributed by atoms with E-state index in [1.807, 2.05) is 11.8 Å². The van der Waals surface area contributed by atoms with Gasteiger partial charge in [0.25, 0.3) is 0 Å². The van der Waals surface area contributed by atoms with Crippen molar-refractivity contribution in [2.24, 2.45) is 0 Å². The monoisotopic (exact) mass is 900 g/mol. The number of hydrogen-bond acceptors (Lipinski definition) is 2. The quantitative estimate of drug-likeness (QED) is 0.170. The molecule has 0 bridgehead atoms. The van der Waals surface area contributed by atoms with Crippen molar-refractivity contribution in [1.82, 2.24) is 8.80 Å². The van der Waals surface area contributed by atoms with Gasteiger partial charge in [-0.3, -0.25) is 0 Å². The predicted molar refractivity (Wildman–Crippen MR) is 295 cm³/mol. The van der Waals surface area contributed by atoms with Crippen LogP contribution in [0.15, 0.2) is 211 Å². The Morgan fingerprint density at radius 3 is 1.24 bits per heavy atom. The zero-order chi connectivity index (χ0) is 44.2. The first-order valence-electron chi connectivity index (χ1n) is 23.8. The van der Waals surface area contributed by atoms with Crippen LogP contribution in [0.5, 0.6) is 0 Å². The molecule has 0 aliphatic carbocycles. The summed E-state index contributed by atoms with van der Waals surface area (Å²) >= 11 is 4.13. The molecule has 0 saturated carbocycles. The van der Waals surface area contributed by atoms with Crippen LogP contribution in [0.1, 0.15) is 29.2 Å². The lowest BCUT2D eigenvalue weighted by molar-refractivity contribution is 0.989. The Morgan fingerprint density at radius 2 is 0.735 bits per heavy atom. The second-order valence-corrected chi connectivity index (χ2v) is 21.6. The van der Waals surface area contributed by atoms with Crippen molar-refractivity contribution in [1.29, 1.82) is 0 Å². The molecule has 2 unspecified atom stereocenters. The summed E-state index contributed by atoms with van der Waals surface area (Å²) in [5.41, 5.74) is 15.6. The lowest BCUT2D eigenvalue weighted by Gasteiger charge is -2.16. The molecule has 0 spiro atoms. The van der Waals surface area contributed by atoms with Gasteiger partial charge in [0, 0.05) is 58.5 Å². The molecule has 14 aromatic rings. The minimum atomic E-state index is 0.445. The molecule has 68 heavy (non-hydrogen) atoms. The molecule has 4 heteroatoms. The Balaban J connectivity index is 0.641. The average Bonchev–Trinajstić information content (AvgIpc) is 4.27. The topological polar surface area (TPSA) is 8.82 Å². The van der Waals surface area contributed by atoms with Crippen LogP contribution < -0.4 is 0 Å². The highest BCUT2D eigenvalue weighted by Crippen LogP contribution is 2.53. The largest absolute Gasteiger partial charge is 0.308 e. The number of thioether (sulfide) groups is 2. The number of allylic oxidation sites excluding steroid dienone is 2. The van der Waals surface area contributed by atoms with E-state index in [-0.39, 0.29) is 0 Å². The molecular weight excluding hydrogens is 861 g/mol. The number of hydrogen-bond donors (Lipinski definition) is 0. The smallest absolute Gasteiger partial charge is 0.0620 e. The summed E-state index contributed by atoms with van der Waals surface area (Å²) in [6, 6.07) is 73.3. The van der Waals surface area contributed by atoms with Gasteiger partial charge in [-0.1, -0.05) is 140 Å². The highest BCUT2D eigenvalue weighted by atomic mass is 32.2. The number of nitrogens with zero attached hydrogens (tertiary/aromatic N) is 2. The Bertz CT molecular complexity index is 4360. The number of aromatic nitrogens is 2. The van der Waals surface area contributed by atoms with Gasteiger partial charge in [-0.2, -0.15) is 0 Å². The molecule has 4 aromatic heterocycles. The molecule has 6 heterocycles. The molecule has 0 N–H and O–H groups in total. The number of benzene rings is 10. The van der Waals surface area contributed by atoms with E-state index < -0.39 is 0 Å². The number of fused-ring (bicyclic) bond motifs is 14. The van der Waals surface area contributed by atoms with Crippen molar-refractivity contribution in [2.45, 2.75) is 23.3 Å². The number of para-hydroxylation sites is 4. The van der Waals surface area contributed by atoms with Gasteiger partial charge in [-0.05, 0) is 139 Å². The zero-order valence-corrected chi connectivity index (χ0v) is 38.5. The molecule has 0 radical (unpaired) electrons. The summed E-state index contributed by atoms with van der Waals surface area (Å²) in [7, 11) is 0. The van der Waals surface area contributed by atoms with Crippen LogP contribution in [-0.4, -0.2) is 14.1 Å². The van der Waals surface area contributed by atoms with E-state index in [0.29, 0.717) is 10.5 Å². The van der Waals surface area contributed by atoms with Crippen LogP contribution in [0.2, 0.25) is 0 Å². The predicted octanol–water partition coefficient (Wildman–Crippen LogP) is 18.2. The highest BCUT2D eigenvalue weighted by molar-refractivity contribution is 8.11. The van der Waals surface area contributed by atoms with Gasteiger partial charge in [0.05, 0.1) is 33.1 Å². The number of rotatable bonds is 5. The third-order valence-corrected chi connectivity index (χ3v) is 18.4.